The van der Waals surface area contributed by atoms with E-state index in [0.29, 0.717) is 52.5 Å². The van der Waals surface area contributed by atoms with Crippen molar-refractivity contribution in [3.05, 3.63) is 46.2 Å². The molecule has 0 saturated carbocycles. The third kappa shape index (κ3) is 6.13. The summed E-state index contributed by atoms with van der Waals surface area (Å²) in [6.07, 6.45) is 3.75. The highest BCUT2D eigenvalue weighted by Crippen LogP contribution is 2.29. The summed E-state index contributed by atoms with van der Waals surface area (Å²) in [6.45, 7) is 2.67. The zero-order valence-corrected chi connectivity index (χ0v) is 18.9. The highest BCUT2D eigenvalue weighted by molar-refractivity contribution is 6.33. The quantitative estimate of drug-likeness (QED) is 0.574. The number of anilines is 1. The lowest BCUT2D eigenvalue weighted by atomic mass is 10.0. The molecule has 1 aromatic carbocycles. The summed E-state index contributed by atoms with van der Waals surface area (Å²) in [6, 6.07) is 4.65. The van der Waals surface area contributed by atoms with Crippen molar-refractivity contribution in [1.82, 2.24) is 15.2 Å². The smallest absolute Gasteiger partial charge is 0.255 e. The average Bonchev–Trinajstić information content (AvgIpc) is 2.76. The number of amides is 1. The number of benzene rings is 1. The predicted molar refractivity (Wildman–Crippen MR) is 120 cm³/mol. The van der Waals surface area contributed by atoms with E-state index in [2.05, 4.69) is 15.2 Å². The lowest BCUT2D eigenvalue weighted by molar-refractivity contribution is 0.00321. The number of ether oxygens (including phenoxy) is 3. The summed E-state index contributed by atoms with van der Waals surface area (Å²) in [7, 11) is 3.12. The van der Waals surface area contributed by atoms with Gasteiger partial charge in [0.05, 0.1) is 46.7 Å². The molecule has 2 aromatic rings. The van der Waals surface area contributed by atoms with Gasteiger partial charge in [-0.15, -0.1) is 0 Å². The molecule has 1 aliphatic rings. The highest BCUT2D eigenvalue weighted by atomic mass is 35.5. The number of carbonyl (C=O) groups excluding carboxylic acids is 1. The van der Waals surface area contributed by atoms with Crippen LogP contribution in [0.4, 0.5) is 5.69 Å². The van der Waals surface area contributed by atoms with Crippen LogP contribution in [0.1, 0.15) is 16.8 Å². The van der Waals surface area contributed by atoms with Crippen LogP contribution in [0.25, 0.3) is 0 Å². The third-order valence-corrected chi connectivity index (χ3v) is 5.72. The largest absolute Gasteiger partial charge is 0.496 e. The number of hydrogen-bond donors (Lipinski definition) is 2. The van der Waals surface area contributed by atoms with E-state index in [1.807, 2.05) is 0 Å². The molecule has 0 radical (unpaired) electrons. The molecule has 1 amide bonds. The number of piperidine rings is 1. The molecule has 10 heteroatoms. The molecule has 3 N–H and O–H groups in total. The van der Waals surface area contributed by atoms with Crippen molar-refractivity contribution in [2.45, 2.75) is 18.6 Å². The van der Waals surface area contributed by atoms with Crippen LogP contribution in [0.5, 0.6) is 11.5 Å². The second-order valence-corrected chi connectivity index (χ2v) is 8.05. The molecule has 1 aliphatic heterocycles. The van der Waals surface area contributed by atoms with Crippen LogP contribution in [0.3, 0.4) is 0 Å². The van der Waals surface area contributed by atoms with Crippen molar-refractivity contribution in [1.29, 1.82) is 0 Å². The standard InChI is InChI=1S/C21H26Cl2N4O4/c1-29-19-9-17(24)16(23)8-15(19)21(28)26-18-3-4-27(12-20(18)30-2)5-6-31-14-7-13(22)10-25-11-14/h7-11,18,20H,3-6,12,24H2,1-2H3,(H,26,28)/t18-,20+/m0/s1. The normalized spacial score (nSPS) is 19.1. The maximum absolute atomic E-state index is 12.9. The zero-order chi connectivity index (χ0) is 22.4. The molecular formula is C21H26Cl2N4O4. The van der Waals surface area contributed by atoms with Crippen LogP contribution in [0.2, 0.25) is 10.0 Å². The summed E-state index contributed by atoms with van der Waals surface area (Å²) in [4.78, 5) is 19.1. The van der Waals surface area contributed by atoms with Gasteiger partial charge >= 0.3 is 0 Å². The number of nitrogens with zero attached hydrogens (tertiary/aromatic N) is 2. The molecular weight excluding hydrogens is 443 g/mol. The highest BCUT2D eigenvalue weighted by Gasteiger charge is 2.31. The van der Waals surface area contributed by atoms with Gasteiger partial charge in [-0.2, -0.15) is 0 Å². The van der Waals surface area contributed by atoms with Gasteiger partial charge in [0.25, 0.3) is 5.91 Å². The topological polar surface area (TPSA) is 98.9 Å². The number of likely N-dealkylation sites (tertiary alicyclic amines) is 1. The second-order valence-electron chi connectivity index (χ2n) is 7.20. The van der Waals surface area contributed by atoms with Crippen LogP contribution >= 0.6 is 23.2 Å². The Morgan fingerprint density at radius 2 is 2.10 bits per heavy atom. The Morgan fingerprint density at radius 3 is 2.81 bits per heavy atom. The van der Waals surface area contributed by atoms with Crippen molar-refractivity contribution in [2.24, 2.45) is 0 Å². The molecule has 2 heterocycles. The first-order chi connectivity index (χ1) is 14.9. The van der Waals surface area contributed by atoms with Gasteiger partial charge in [0, 0.05) is 45.1 Å². The summed E-state index contributed by atoms with van der Waals surface area (Å²) in [5, 5.41) is 3.88. The fourth-order valence-corrected chi connectivity index (χ4v) is 3.84. The number of halogens is 2. The molecule has 1 saturated heterocycles. The second kappa shape index (κ2) is 10.9. The van der Waals surface area contributed by atoms with Crippen molar-refractivity contribution < 1.29 is 19.0 Å². The fraction of sp³-hybridized carbons (Fsp3) is 0.429. The van der Waals surface area contributed by atoms with Gasteiger partial charge in [-0.1, -0.05) is 23.2 Å². The van der Waals surface area contributed by atoms with E-state index >= 15 is 0 Å². The van der Waals surface area contributed by atoms with Gasteiger partial charge in [-0.3, -0.25) is 14.7 Å². The summed E-state index contributed by atoms with van der Waals surface area (Å²) < 4.78 is 16.7. The monoisotopic (exact) mass is 468 g/mol. The molecule has 2 atom stereocenters. The Hall–Kier alpha value is -2.26. The number of nitrogen functional groups attached to an aromatic ring is 1. The number of carbonyl (C=O) groups is 1. The van der Waals surface area contributed by atoms with E-state index in [1.165, 1.54) is 13.2 Å². The lowest BCUT2D eigenvalue weighted by Crippen LogP contribution is -2.55. The summed E-state index contributed by atoms with van der Waals surface area (Å²) in [5.41, 5.74) is 6.49. The third-order valence-electron chi connectivity index (χ3n) is 5.18. The van der Waals surface area contributed by atoms with E-state index in [-0.39, 0.29) is 18.1 Å². The number of hydrogen-bond acceptors (Lipinski definition) is 7. The first-order valence-corrected chi connectivity index (χ1v) is 10.6. The maximum atomic E-state index is 12.9. The van der Waals surface area contributed by atoms with Gasteiger partial charge in [-0.25, -0.2) is 0 Å². The predicted octanol–water partition coefficient (Wildman–Crippen LogP) is 2.88. The van der Waals surface area contributed by atoms with Crippen LogP contribution in [0.15, 0.2) is 30.6 Å². The van der Waals surface area contributed by atoms with Crippen molar-refractivity contribution in [3.63, 3.8) is 0 Å². The molecule has 0 bridgehead atoms. The van der Waals surface area contributed by atoms with Gasteiger partial charge in [0.1, 0.15) is 18.1 Å². The summed E-state index contributed by atoms with van der Waals surface area (Å²) >= 11 is 12.0. The van der Waals surface area contributed by atoms with E-state index in [9.17, 15) is 4.79 Å². The zero-order valence-electron chi connectivity index (χ0n) is 17.4. The molecule has 0 spiro atoms. The molecule has 168 valence electrons. The Labute approximate surface area is 191 Å². The summed E-state index contributed by atoms with van der Waals surface area (Å²) in [5.74, 6) is 0.726. The Kier molecular flexibility index (Phi) is 8.20. The number of aromatic nitrogens is 1. The number of rotatable bonds is 8. The molecule has 3 rings (SSSR count). The SMILES string of the molecule is COc1cc(N)c(Cl)cc1C(=O)N[C@H]1CCN(CCOc2cncc(Cl)c2)C[C@H]1OC. The van der Waals surface area contributed by atoms with Gasteiger partial charge in [0.15, 0.2) is 0 Å². The molecule has 1 aromatic heterocycles. The van der Waals surface area contributed by atoms with Gasteiger partial charge in [-0.05, 0) is 12.5 Å². The van der Waals surface area contributed by atoms with Crippen molar-refractivity contribution >= 4 is 34.8 Å². The molecule has 31 heavy (non-hydrogen) atoms. The minimum Gasteiger partial charge on any atom is -0.496 e. The van der Waals surface area contributed by atoms with Gasteiger partial charge in [0.2, 0.25) is 0 Å². The number of methoxy groups -OCH3 is 2. The first-order valence-electron chi connectivity index (χ1n) is 9.83. The van der Waals surface area contributed by atoms with E-state index in [4.69, 9.17) is 43.1 Å². The Balaban J connectivity index is 1.55. The maximum Gasteiger partial charge on any atom is 0.255 e. The number of nitrogens with two attached hydrogens (primary N) is 1. The fourth-order valence-electron chi connectivity index (χ4n) is 3.51. The first kappa shape index (κ1) is 23.4. The average molecular weight is 469 g/mol. The Morgan fingerprint density at radius 1 is 1.29 bits per heavy atom. The van der Waals surface area contributed by atoms with Crippen LogP contribution in [0, 0.1) is 0 Å². The minimum absolute atomic E-state index is 0.146. The van der Waals surface area contributed by atoms with Crippen LogP contribution in [-0.4, -0.2) is 68.4 Å². The van der Waals surface area contributed by atoms with E-state index in [0.717, 1.165) is 13.0 Å². The lowest BCUT2D eigenvalue weighted by Gasteiger charge is -2.38. The van der Waals surface area contributed by atoms with Gasteiger partial charge < -0.3 is 25.3 Å². The molecule has 1 fully saturated rings. The van der Waals surface area contributed by atoms with Crippen LogP contribution < -0.4 is 20.5 Å². The number of nitrogens with one attached hydrogen (secondary N) is 1. The molecule has 0 aliphatic carbocycles. The van der Waals surface area contributed by atoms with Crippen molar-refractivity contribution in [2.75, 3.05) is 46.2 Å². The molecule has 8 nitrogen and oxygen atoms in total. The minimum atomic E-state index is -0.281. The van der Waals surface area contributed by atoms with Crippen LogP contribution in [-0.2, 0) is 4.74 Å². The van der Waals surface area contributed by atoms with E-state index in [1.54, 1.807) is 31.6 Å². The molecule has 0 unspecified atom stereocenters. The Bertz CT molecular complexity index is 915. The number of pyridine rings is 1. The van der Waals surface area contributed by atoms with Crippen molar-refractivity contribution in [3.8, 4) is 11.5 Å². The van der Waals surface area contributed by atoms with E-state index < -0.39 is 0 Å².